The molecule has 0 radical (unpaired) electrons. The molecule has 5 heteroatoms. The van der Waals surface area contributed by atoms with E-state index in [1.807, 2.05) is 41.3 Å². The van der Waals surface area contributed by atoms with Gasteiger partial charge in [0.05, 0.1) is 0 Å². The van der Waals surface area contributed by atoms with Gasteiger partial charge < -0.3 is 9.47 Å². The molecule has 5 nitrogen and oxygen atoms in total. The standard InChI is InChI=1S/C28H30N4O/c1-2-16-32-26(30-25-12-7-15-29-27(25)32)23-10-6-11-24(20-23)28(33)31-17-13-22(14-18-31)19-21-8-4-3-5-9-21/h3-12,15,20,22H,2,13-14,16-19H2,1H3. The topological polar surface area (TPSA) is 51.0 Å². The Labute approximate surface area is 195 Å². The molecule has 0 aliphatic carbocycles. The minimum Gasteiger partial charge on any atom is -0.339 e. The second kappa shape index (κ2) is 9.57. The zero-order valence-electron chi connectivity index (χ0n) is 19.2. The molecule has 0 spiro atoms. The van der Waals surface area contributed by atoms with E-state index in [2.05, 4.69) is 46.8 Å². The highest BCUT2D eigenvalue weighted by Crippen LogP contribution is 2.27. The van der Waals surface area contributed by atoms with Gasteiger partial charge in [0, 0.05) is 37.0 Å². The monoisotopic (exact) mass is 438 g/mol. The van der Waals surface area contributed by atoms with Gasteiger partial charge in [-0.1, -0.05) is 49.4 Å². The van der Waals surface area contributed by atoms with Crippen molar-refractivity contribution in [1.29, 1.82) is 0 Å². The number of aromatic nitrogens is 3. The highest BCUT2D eigenvalue weighted by molar-refractivity contribution is 5.95. The van der Waals surface area contributed by atoms with E-state index in [0.29, 0.717) is 5.92 Å². The maximum absolute atomic E-state index is 13.3. The molecule has 2 aromatic carbocycles. The molecule has 0 bridgehead atoms. The Hall–Kier alpha value is -3.47. The van der Waals surface area contributed by atoms with Crippen molar-refractivity contribution < 1.29 is 4.79 Å². The van der Waals surface area contributed by atoms with Crippen molar-refractivity contribution in [1.82, 2.24) is 19.4 Å². The average Bonchev–Trinajstić information content (AvgIpc) is 3.24. The first kappa shape index (κ1) is 21.4. The molecule has 2 aromatic heterocycles. The second-order valence-corrected chi connectivity index (χ2v) is 8.94. The molecular weight excluding hydrogens is 408 g/mol. The predicted octanol–water partition coefficient (Wildman–Crippen LogP) is 5.60. The fourth-order valence-corrected chi connectivity index (χ4v) is 4.88. The maximum atomic E-state index is 13.3. The summed E-state index contributed by atoms with van der Waals surface area (Å²) in [5.41, 5.74) is 4.87. The number of likely N-dealkylation sites (tertiary alicyclic amines) is 1. The molecule has 0 N–H and O–H groups in total. The molecule has 168 valence electrons. The number of hydrogen-bond acceptors (Lipinski definition) is 3. The Morgan fingerprint density at radius 1 is 1.00 bits per heavy atom. The summed E-state index contributed by atoms with van der Waals surface area (Å²) in [6.45, 7) is 4.63. The summed E-state index contributed by atoms with van der Waals surface area (Å²) < 4.78 is 2.16. The van der Waals surface area contributed by atoms with E-state index in [1.54, 1.807) is 6.20 Å². The molecule has 0 atom stereocenters. The first-order valence-corrected chi connectivity index (χ1v) is 12.0. The van der Waals surface area contributed by atoms with Crippen molar-refractivity contribution in [3.63, 3.8) is 0 Å². The highest BCUT2D eigenvalue weighted by Gasteiger charge is 2.24. The minimum atomic E-state index is 0.117. The molecular formula is C28H30N4O. The molecule has 1 saturated heterocycles. The van der Waals surface area contributed by atoms with Crippen molar-refractivity contribution in [2.45, 2.75) is 39.2 Å². The first-order valence-electron chi connectivity index (χ1n) is 12.0. The largest absolute Gasteiger partial charge is 0.339 e. The zero-order chi connectivity index (χ0) is 22.6. The van der Waals surface area contributed by atoms with Gasteiger partial charge >= 0.3 is 0 Å². The molecule has 0 unspecified atom stereocenters. The van der Waals surface area contributed by atoms with Crippen LogP contribution in [0.25, 0.3) is 22.6 Å². The van der Waals surface area contributed by atoms with Crippen LogP contribution in [0.4, 0.5) is 0 Å². The number of rotatable bonds is 6. The third-order valence-electron chi connectivity index (χ3n) is 6.59. The summed E-state index contributed by atoms with van der Waals surface area (Å²) in [5.74, 6) is 1.64. The van der Waals surface area contributed by atoms with Crippen molar-refractivity contribution in [2.75, 3.05) is 13.1 Å². The van der Waals surface area contributed by atoms with E-state index in [9.17, 15) is 4.79 Å². The molecule has 1 fully saturated rings. The van der Waals surface area contributed by atoms with Crippen molar-refractivity contribution in [3.8, 4) is 11.4 Å². The number of imidazole rings is 1. The first-order chi connectivity index (χ1) is 16.2. The quantitative estimate of drug-likeness (QED) is 0.394. The van der Waals surface area contributed by atoms with Crippen LogP contribution in [0.15, 0.2) is 72.9 Å². The highest BCUT2D eigenvalue weighted by atomic mass is 16.2. The van der Waals surface area contributed by atoms with Gasteiger partial charge in [0.1, 0.15) is 11.3 Å². The van der Waals surface area contributed by atoms with Gasteiger partial charge in [0.15, 0.2) is 5.65 Å². The number of benzene rings is 2. The molecule has 4 aromatic rings. The van der Waals surface area contributed by atoms with E-state index < -0.39 is 0 Å². The van der Waals surface area contributed by atoms with Crippen LogP contribution in [-0.4, -0.2) is 38.4 Å². The van der Waals surface area contributed by atoms with Gasteiger partial charge in [-0.15, -0.1) is 0 Å². The van der Waals surface area contributed by atoms with E-state index >= 15 is 0 Å². The third kappa shape index (κ3) is 4.54. The summed E-state index contributed by atoms with van der Waals surface area (Å²) >= 11 is 0. The number of piperidine rings is 1. The molecule has 1 amide bonds. The van der Waals surface area contributed by atoms with E-state index in [1.165, 1.54) is 5.56 Å². The second-order valence-electron chi connectivity index (χ2n) is 8.94. The van der Waals surface area contributed by atoms with Crippen LogP contribution in [0.1, 0.15) is 42.1 Å². The molecule has 3 heterocycles. The van der Waals surface area contributed by atoms with Crippen LogP contribution in [0.3, 0.4) is 0 Å². The average molecular weight is 439 g/mol. The van der Waals surface area contributed by atoms with Crippen LogP contribution < -0.4 is 0 Å². The van der Waals surface area contributed by atoms with Crippen LogP contribution in [0, 0.1) is 5.92 Å². The van der Waals surface area contributed by atoms with Crippen LogP contribution in [-0.2, 0) is 13.0 Å². The van der Waals surface area contributed by atoms with Gasteiger partial charge in [-0.05, 0) is 61.4 Å². The fraction of sp³-hybridized carbons (Fsp3) is 0.321. The summed E-state index contributed by atoms with van der Waals surface area (Å²) in [6, 6.07) is 22.5. The number of aryl methyl sites for hydroxylation is 1. The van der Waals surface area contributed by atoms with Crippen molar-refractivity contribution >= 4 is 17.1 Å². The van der Waals surface area contributed by atoms with Crippen molar-refractivity contribution in [2.24, 2.45) is 5.92 Å². The predicted molar refractivity (Wildman–Crippen MR) is 132 cm³/mol. The lowest BCUT2D eigenvalue weighted by atomic mass is 9.90. The van der Waals surface area contributed by atoms with Gasteiger partial charge in [-0.25, -0.2) is 9.97 Å². The van der Waals surface area contributed by atoms with Crippen LogP contribution >= 0.6 is 0 Å². The van der Waals surface area contributed by atoms with Gasteiger partial charge in [-0.2, -0.15) is 0 Å². The van der Waals surface area contributed by atoms with E-state index in [4.69, 9.17) is 4.98 Å². The Morgan fingerprint density at radius 3 is 2.61 bits per heavy atom. The summed E-state index contributed by atoms with van der Waals surface area (Å²) in [5, 5.41) is 0. The number of fused-ring (bicyclic) bond motifs is 1. The molecule has 0 saturated carbocycles. The number of pyridine rings is 1. The van der Waals surface area contributed by atoms with Gasteiger partial charge in [0.25, 0.3) is 5.91 Å². The number of nitrogens with zero attached hydrogens (tertiary/aromatic N) is 4. The van der Waals surface area contributed by atoms with Crippen LogP contribution in [0.5, 0.6) is 0 Å². The number of hydrogen-bond donors (Lipinski definition) is 0. The molecule has 1 aliphatic rings. The summed E-state index contributed by atoms with van der Waals surface area (Å²) in [4.78, 5) is 24.7. The zero-order valence-corrected chi connectivity index (χ0v) is 19.2. The van der Waals surface area contributed by atoms with Gasteiger partial charge in [0.2, 0.25) is 0 Å². The Bertz CT molecular complexity index is 1240. The number of amides is 1. The smallest absolute Gasteiger partial charge is 0.253 e. The number of carbonyl (C=O) groups is 1. The lowest BCUT2D eigenvalue weighted by Gasteiger charge is -2.32. The lowest BCUT2D eigenvalue weighted by Crippen LogP contribution is -2.38. The Morgan fingerprint density at radius 2 is 1.82 bits per heavy atom. The van der Waals surface area contributed by atoms with E-state index in [0.717, 1.165) is 73.4 Å². The fourth-order valence-electron chi connectivity index (χ4n) is 4.88. The Balaban J connectivity index is 1.32. The van der Waals surface area contributed by atoms with Crippen molar-refractivity contribution in [3.05, 3.63) is 84.1 Å². The maximum Gasteiger partial charge on any atom is 0.253 e. The summed E-state index contributed by atoms with van der Waals surface area (Å²) in [6.07, 6.45) is 6.00. The van der Waals surface area contributed by atoms with Gasteiger partial charge in [-0.3, -0.25) is 4.79 Å². The molecule has 1 aliphatic heterocycles. The lowest BCUT2D eigenvalue weighted by molar-refractivity contribution is 0.0690. The molecule has 5 rings (SSSR count). The SMILES string of the molecule is CCCn1c(-c2cccc(C(=O)N3CCC(Cc4ccccc4)CC3)c2)nc2cccnc21. The third-order valence-corrected chi connectivity index (χ3v) is 6.59. The minimum absolute atomic E-state index is 0.117. The van der Waals surface area contributed by atoms with Crippen LogP contribution in [0.2, 0.25) is 0 Å². The number of carbonyl (C=O) groups excluding carboxylic acids is 1. The van der Waals surface area contributed by atoms with E-state index in [-0.39, 0.29) is 5.91 Å². The normalized spacial score (nSPS) is 14.6. The molecule has 33 heavy (non-hydrogen) atoms. The summed E-state index contributed by atoms with van der Waals surface area (Å²) in [7, 11) is 0. The Kier molecular flexibility index (Phi) is 6.20.